The van der Waals surface area contributed by atoms with Gasteiger partial charge >= 0.3 is 0 Å². The van der Waals surface area contributed by atoms with Crippen LogP contribution >= 0.6 is 0 Å². The maximum Gasteiger partial charge on any atom is 0.251 e. The number of pyridine rings is 1. The fourth-order valence-corrected chi connectivity index (χ4v) is 1.69. The number of nitrogens with zero attached hydrogens (tertiary/aromatic N) is 3. The van der Waals surface area contributed by atoms with Crippen molar-refractivity contribution in [1.82, 2.24) is 19.9 Å². The maximum atomic E-state index is 12.0. The van der Waals surface area contributed by atoms with Crippen LogP contribution in [0.4, 0.5) is 0 Å². The van der Waals surface area contributed by atoms with Gasteiger partial charge in [0.1, 0.15) is 5.82 Å². The number of amides is 1. The smallest absolute Gasteiger partial charge is 0.251 e. The van der Waals surface area contributed by atoms with E-state index in [1.54, 1.807) is 18.3 Å². The van der Waals surface area contributed by atoms with Gasteiger partial charge in [-0.3, -0.25) is 9.20 Å². The van der Waals surface area contributed by atoms with E-state index < -0.39 is 6.29 Å². The number of methoxy groups -OCH3 is 2. The van der Waals surface area contributed by atoms with Gasteiger partial charge in [0.15, 0.2) is 11.9 Å². The standard InChI is InChI=1S/C12H16N4O3/c1-8-14-15-10-6-9(4-5-16(8)10)12(17)13-7-11(18-2)19-3/h4-6,11H,7H2,1-3H3,(H,13,17). The average molecular weight is 264 g/mol. The van der Waals surface area contributed by atoms with E-state index in [9.17, 15) is 4.79 Å². The third-order valence-electron chi connectivity index (χ3n) is 2.80. The second-order valence-electron chi connectivity index (χ2n) is 4.00. The predicted octanol–water partition coefficient (Wildman–Crippen LogP) is 0.386. The minimum atomic E-state index is -0.456. The van der Waals surface area contributed by atoms with Crippen LogP contribution in [0.5, 0.6) is 0 Å². The first kappa shape index (κ1) is 13.4. The van der Waals surface area contributed by atoms with E-state index in [1.807, 2.05) is 11.3 Å². The van der Waals surface area contributed by atoms with E-state index >= 15 is 0 Å². The lowest BCUT2D eigenvalue weighted by atomic mass is 10.2. The molecule has 102 valence electrons. The minimum Gasteiger partial charge on any atom is -0.354 e. The van der Waals surface area contributed by atoms with Crippen molar-refractivity contribution < 1.29 is 14.3 Å². The van der Waals surface area contributed by atoms with Crippen LogP contribution in [0.15, 0.2) is 18.3 Å². The van der Waals surface area contributed by atoms with Crippen LogP contribution in [-0.4, -0.2) is 47.6 Å². The zero-order valence-electron chi connectivity index (χ0n) is 11.1. The Morgan fingerprint density at radius 3 is 2.84 bits per heavy atom. The Morgan fingerprint density at radius 2 is 2.16 bits per heavy atom. The molecule has 0 unspecified atom stereocenters. The molecule has 2 aromatic heterocycles. The Balaban J connectivity index is 2.09. The van der Waals surface area contributed by atoms with Crippen molar-refractivity contribution >= 4 is 11.6 Å². The van der Waals surface area contributed by atoms with Crippen LogP contribution in [-0.2, 0) is 9.47 Å². The molecule has 2 rings (SSSR count). The molecule has 7 nitrogen and oxygen atoms in total. The summed E-state index contributed by atoms with van der Waals surface area (Å²) in [7, 11) is 3.04. The predicted molar refractivity (Wildman–Crippen MR) is 67.9 cm³/mol. The highest BCUT2D eigenvalue weighted by Gasteiger charge is 2.11. The molecule has 0 aromatic carbocycles. The average Bonchev–Trinajstić information content (AvgIpc) is 2.81. The summed E-state index contributed by atoms with van der Waals surface area (Å²) in [5, 5.41) is 10.6. The lowest BCUT2D eigenvalue weighted by Gasteiger charge is -2.13. The summed E-state index contributed by atoms with van der Waals surface area (Å²) < 4.78 is 11.8. The summed E-state index contributed by atoms with van der Waals surface area (Å²) in [6, 6.07) is 3.40. The summed E-state index contributed by atoms with van der Waals surface area (Å²) in [4.78, 5) is 12.0. The van der Waals surface area contributed by atoms with Gasteiger partial charge in [-0.1, -0.05) is 0 Å². The first-order chi connectivity index (χ1) is 9.15. The third kappa shape index (κ3) is 2.88. The van der Waals surface area contributed by atoms with E-state index in [1.165, 1.54) is 14.2 Å². The number of aryl methyl sites for hydroxylation is 1. The van der Waals surface area contributed by atoms with Gasteiger partial charge in [-0.25, -0.2) is 0 Å². The molecule has 0 saturated carbocycles. The molecule has 0 bridgehead atoms. The maximum absolute atomic E-state index is 12.0. The number of hydrogen-bond donors (Lipinski definition) is 1. The molecule has 1 amide bonds. The molecule has 2 aromatic rings. The molecular weight excluding hydrogens is 248 g/mol. The normalized spacial score (nSPS) is 11.2. The molecule has 0 saturated heterocycles. The van der Waals surface area contributed by atoms with Gasteiger partial charge in [-0.15, -0.1) is 10.2 Å². The van der Waals surface area contributed by atoms with Gasteiger partial charge in [-0.05, 0) is 19.1 Å². The lowest BCUT2D eigenvalue weighted by molar-refractivity contribution is -0.0974. The molecular formula is C12H16N4O3. The number of hydrogen-bond acceptors (Lipinski definition) is 5. The second kappa shape index (κ2) is 5.77. The van der Waals surface area contributed by atoms with Crippen LogP contribution in [0.1, 0.15) is 16.2 Å². The van der Waals surface area contributed by atoms with Gasteiger partial charge in [0.25, 0.3) is 5.91 Å². The Hall–Kier alpha value is -1.99. The van der Waals surface area contributed by atoms with E-state index in [0.29, 0.717) is 11.2 Å². The van der Waals surface area contributed by atoms with E-state index in [2.05, 4.69) is 15.5 Å². The van der Waals surface area contributed by atoms with Crippen molar-refractivity contribution in [3.63, 3.8) is 0 Å². The Kier molecular flexibility index (Phi) is 4.08. The van der Waals surface area contributed by atoms with Gasteiger partial charge < -0.3 is 14.8 Å². The van der Waals surface area contributed by atoms with Crippen LogP contribution in [0.2, 0.25) is 0 Å². The molecule has 0 aliphatic heterocycles. The monoisotopic (exact) mass is 264 g/mol. The van der Waals surface area contributed by atoms with Gasteiger partial charge in [0.05, 0.1) is 6.54 Å². The highest BCUT2D eigenvalue weighted by molar-refractivity contribution is 5.95. The number of nitrogens with one attached hydrogen (secondary N) is 1. The molecule has 0 fully saturated rings. The first-order valence-electron chi connectivity index (χ1n) is 5.81. The van der Waals surface area contributed by atoms with Crippen molar-refractivity contribution in [2.24, 2.45) is 0 Å². The quantitative estimate of drug-likeness (QED) is 0.790. The molecule has 0 spiro atoms. The SMILES string of the molecule is COC(CNC(=O)c1ccn2c(C)nnc2c1)OC. The minimum absolute atomic E-state index is 0.206. The summed E-state index contributed by atoms with van der Waals surface area (Å²) in [6.45, 7) is 2.13. The molecule has 1 N–H and O–H groups in total. The van der Waals surface area contributed by atoms with E-state index in [-0.39, 0.29) is 12.5 Å². The molecule has 0 aliphatic carbocycles. The fraction of sp³-hybridized carbons (Fsp3) is 0.417. The topological polar surface area (TPSA) is 77.8 Å². The van der Waals surface area contributed by atoms with Crippen molar-refractivity contribution in [3.05, 3.63) is 29.7 Å². The molecule has 2 heterocycles. The highest BCUT2D eigenvalue weighted by Crippen LogP contribution is 2.06. The summed E-state index contributed by atoms with van der Waals surface area (Å²) in [6.07, 6.45) is 1.31. The summed E-state index contributed by atoms with van der Waals surface area (Å²) >= 11 is 0. The molecule has 0 radical (unpaired) electrons. The number of ether oxygens (including phenoxy) is 2. The van der Waals surface area contributed by atoms with E-state index in [0.717, 1.165) is 5.82 Å². The molecule has 0 aliphatic rings. The molecule has 0 atom stereocenters. The second-order valence-corrected chi connectivity index (χ2v) is 4.00. The van der Waals surface area contributed by atoms with E-state index in [4.69, 9.17) is 9.47 Å². The van der Waals surface area contributed by atoms with Gasteiger partial charge in [0, 0.05) is 26.0 Å². The van der Waals surface area contributed by atoms with Crippen molar-refractivity contribution in [2.45, 2.75) is 13.2 Å². The van der Waals surface area contributed by atoms with Crippen molar-refractivity contribution in [3.8, 4) is 0 Å². The van der Waals surface area contributed by atoms with Crippen LogP contribution in [0, 0.1) is 6.92 Å². The lowest BCUT2D eigenvalue weighted by Crippen LogP contribution is -2.34. The summed E-state index contributed by atoms with van der Waals surface area (Å²) in [5.41, 5.74) is 1.16. The largest absolute Gasteiger partial charge is 0.354 e. The molecule has 7 heteroatoms. The Labute approximate surface area is 110 Å². The number of aromatic nitrogens is 3. The van der Waals surface area contributed by atoms with Crippen LogP contribution in [0.25, 0.3) is 5.65 Å². The zero-order valence-corrected chi connectivity index (χ0v) is 11.1. The van der Waals surface area contributed by atoms with Gasteiger partial charge in [0.2, 0.25) is 0 Å². The number of carbonyl (C=O) groups is 1. The third-order valence-corrected chi connectivity index (χ3v) is 2.80. The van der Waals surface area contributed by atoms with Crippen LogP contribution < -0.4 is 5.32 Å². The fourth-order valence-electron chi connectivity index (χ4n) is 1.69. The summed E-state index contributed by atoms with van der Waals surface area (Å²) in [5.74, 6) is 0.572. The van der Waals surface area contributed by atoms with Crippen molar-refractivity contribution in [2.75, 3.05) is 20.8 Å². The van der Waals surface area contributed by atoms with Crippen LogP contribution in [0.3, 0.4) is 0 Å². The number of fused-ring (bicyclic) bond motifs is 1. The Morgan fingerprint density at radius 1 is 1.42 bits per heavy atom. The first-order valence-corrected chi connectivity index (χ1v) is 5.81. The zero-order chi connectivity index (χ0) is 13.8. The number of carbonyl (C=O) groups excluding carboxylic acids is 1. The number of rotatable bonds is 5. The molecule has 19 heavy (non-hydrogen) atoms. The van der Waals surface area contributed by atoms with Crippen molar-refractivity contribution in [1.29, 1.82) is 0 Å². The Bertz CT molecular complexity index is 577. The highest BCUT2D eigenvalue weighted by atomic mass is 16.7. The van der Waals surface area contributed by atoms with Gasteiger partial charge in [-0.2, -0.15) is 0 Å².